The van der Waals surface area contributed by atoms with Gasteiger partial charge in [-0.1, -0.05) is 206 Å². The lowest BCUT2D eigenvalue weighted by Gasteiger charge is -2.32. The van der Waals surface area contributed by atoms with Gasteiger partial charge in [-0.2, -0.15) is 0 Å². The highest BCUT2D eigenvalue weighted by Gasteiger charge is 2.51. The Morgan fingerprint density at radius 3 is 1.40 bits per heavy atom. The van der Waals surface area contributed by atoms with E-state index in [1.165, 1.54) is 110 Å². The second-order valence-corrected chi connectivity index (χ2v) is 18.1. The first-order chi connectivity index (χ1) is 33.8. The fourth-order valence-electron chi connectivity index (χ4n) is 12.0. The molecule has 1 spiro atoms. The Bertz CT molecular complexity index is 3890. The van der Waals surface area contributed by atoms with Crippen molar-refractivity contribution in [2.24, 2.45) is 0 Å². The quantitative estimate of drug-likeness (QED) is 0.155. The fraction of sp³-hybridized carbons (Fsp3) is 0.0152. The smallest absolute Gasteiger partial charge is 0.137 e. The Labute approximate surface area is 395 Å². The summed E-state index contributed by atoms with van der Waals surface area (Å²) in [4.78, 5) is 7.45. The molecule has 0 bridgehead atoms. The molecule has 14 rings (SSSR count). The standard InChI is InChI=1S/C66H42N2/c1-4-20-43(21-5-1)55-42-56(44-22-6-2-7-23-44)64-53-30-11-10-26-48(53)57-40-46(36-38-54(57)65(64)63(55)45-24-8-3-9-25-45)68(62-34-18-19-39-67-62)47-35-37-52-51-29-14-17-33-60(51)66(61(52)41-47)58-31-15-12-27-49(58)50-28-13-16-32-59(50)66/h1-42H. The fourth-order valence-corrected chi connectivity index (χ4v) is 12.0. The Kier molecular flexibility index (Phi) is 8.53. The van der Waals surface area contributed by atoms with Gasteiger partial charge >= 0.3 is 0 Å². The minimum atomic E-state index is -0.468. The maximum atomic E-state index is 5.09. The van der Waals surface area contributed by atoms with E-state index in [0.29, 0.717) is 0 Å². The number of hydrogen-bond acceptors (Lipinski definition) is 2. The van der Waals surface area contributed by atoms with Crippen molar-refractivity contribution in [1.82, 2.24) is 4.98 Å². The third kappa shape index (κ3) is 5.49. The van der Waals surface area contributed by atoms with Gasteiger partial charge in [0.25, 0.3) is 0 Å². The molecule has 316 valence electrons. The second-order valence-electron chi connectivity index (χ2n) is 18.1. The summed E-state index contributed by atoms with van der Waals surface area (Å²) >= 11 is 0. The summed E-state index contributed by atoms with van der Waals surface area (Å²) in [5.41, 5.74) is 19.3. The first-order valence-electron chi connectivity index (χ1n) is 23.5. The van der Waals surface area contributed by atoms with Crippen LogP contribution >= 0.6 is 0 Å². The molecule has 0 aliphatic heterocycles. The van der Waals surface area contributed by atoms with E-state index in [0.717, 1.165) is 17.2 Å². The molecule has 0 saturated carbocycles. The maximum Gasteiger partial charge on any atom is 0.137 e. The van der Waals surface area contributed by atoms with Crippen LogP contribution in [0.2, 0.25) is 0 Å². The number of nitrogens with zero attached hydrogens (tertiary/aromatic N) is 2. The largest absolute Gasteiger partial charge is 0.295 e. The number of aromatic nitrogens is 1. The number of fused-ring (bicyclic) bond motifs is 16. The Morgan fingerprint density at radius 2 is 0.779 bits per heavy atom. The lowest BCUT2D eigenvalue weighted by molar-refractivity contribution is 0.793. The molecule has 1 heterocycles. The van der Waals surface area contributed by atoms with E-state index in [9.17, 15) is 0 Å². The van der Waals surface area contributed by atoms with E-state index in [-0.39, 0.29) is 0 Å². The average Bonchev–Trinajstić information content (AvgIpc) is 3.89. The van der Waals surface area contributed by atoms with Crippen molar-refractivity contribution in [2.45, 2.75) is 5.41 Å². The summed E-state index contributed by atoms with van der Waals surface area (Å²) in [5, 5.41) is 7.34. The maximum absolute atomic E-state index is 5.09. The molecule has 2 heteroatoms. The van der Waals surface area contributed by atoms with Crippen molar-refractivity contribution in [3.05, 3.63) is 277 Å². The molecule has 0 fully saturated rings. The van der Waals surface area contributed by atoms with Gasteiger partial charge in [0.2, 0.25) is 0 Å². The van der Waals surface area contributed by atoms with Crippen LogP contribution in [-0.2, 0) is 5.41 Å². The summed E-state index contributed by atoms with van der Waals surface area (Å²) < 4.78 is 0. The number of pyridine rings is 1. The van der Waals surface area contributed by atoms with E-state index in [2.05, 4.69) is 248 Å². The van der Waals surface area contributed by atoms with Crippen LogP contribution in [0.5, 0.6) is 0 Å². The third-order valence-corrected chi connectivity index (χ3v) is 14.7. The molecular formula is C66H42N2. The van der Waals surface area contributed by atoms with Gasteiger partial charge in [0.1, 0.15) is 5.82 Å². The van der Waals surface area contributed by atoms with Crippen LogP contribution in [0.15, 0.2) is 255 Å². The van der Waals surface area contributed by atoms with Gasteiger partial charge in [-0.25, -0.2) is 4.98 Å². The topological polar surface area (TPSA) is 16.1 Å². The molecule has 2 nitrogen and oxygen atoms in total. The Hall–Kier alpha value is -8.85. The number of benzene rings is 11. The van der Waals surface area contributed by atoms with E-state index in [1.807, 2.05) is 12.3 Å². The predicted octanol–water partition coefficient (Wildman–Crippen LogP) is 17.4. The Morgan fingerprint density at radius 1 is 0.294 bits per heavy atom. The number of rotatable bonds is 6. The zero-order chi connectivity index (χ0) is 44.8. The van der Waals surface area contributed by atoms with Gasteiger partial charge in [-0.05, 0) is 153 Å². The first kappa shape index (κ1) is 38.4. The summed E-state index contributed by atoms with van der Waals surface area (Å²) in [6, 6.07) is 91.7. The Balaban J connectivity index is 1.07. The summed E-state index contributed by atoms with van der Waals surface area (Å²) in [6.07, 6.45) is 1.91. The predicted molar refractivity (Wildman–Crippen MR) is 284 cm³/mol. The monoisotopic (exact) mass is 862 g/mol. The molecule has 0 N–H and O–H groups in total. The third-order valence-electron chi connectivity index (χ3n) is 14.7. The SMILES string of the molecule is c1ccc(-c2cc(-c3ccccc3)c3c4ccccc4c4cc(N(c5ccc6c(c5)C5(c7ccccc7-c7ccccc75)c5ccccc5-6)c5ccccn5)ccc4c3c2-c2ccccc2)cc1. The lowest BCUT2D eigenvalue weighted by atomic mass is 9.70. The lowest BCUT2D eigenvalue weighted by Crippen LogP contribution is -2.26. The summed E-state index contributed by atoms with van der Waals surface area (Å²) in [6.45, 7) is 0. The zero-order valence-electron chi connectivity index (χ0n) is 37.1. The van der Waals surface area contributed by atoms with Crippen molar-refractivity contribution >= 4 is 49.5 Å². The van der Waals surface area contributed by atoms with Crippen molar-refractivity contribution in [2.75, 3.05) is 4.90 Å². The van der Waals surface area contributed by atoms with Crippen LogP contribution in [0.4, 0.5) is 17.2 Å². The highest BCUT2D eigenvalue weighted by atomic mass is 15.2. The molecule has 2 aliphatic rings. The van der Waals surface area contributed by atoms with Crippen molar-refractivity contribution < 1.29 is 0 Å². The van der Waals surface area contributed by atoms with E-state index in [4.69, 9.17) is 4.98 Å². The minimum Gasteiger partial charge on any atom is -0.295 e. The van der Waals surface area contributed by atoms with Gasteiger partial charge < -0.3 is 0 Å². The van der Waals surface area contributed by atoms with Crippen LogP contribution in [0.3, 0.4) is 0 Å². The summed E-state index contributed by atoms with van der Waals surface area (Å²) in [7, 11) is 0. The van der Waals surface area contributed by atoms with Crippen LogP contribution < -0.4 is 4.90 Å². The number of hydrogen-bond donors (Lipinski definition) is 0. The molecule has 0 unspecified atom stereocenters. The molecule has 0 atom stereocenters. The number of anilines is 3. The van der Waals surface area contributed by atoms with Gasteiger partial charge in [-0.15, -0.1) is 0 Å². The van der Waals surface area contributed by atoms with Gasteiger partial charge in [0, 0.05) is 17.6 Å². The minimum absolute atomic E-state index is 0.468. The molecule has 0 saturated heterocycles. The summed E-state index contributed by atoms with van der Waals surface area (Å²) in [5.74, 6) is 0.858. The second kappa shape index (κ2) is 15.1. The van der Waals surface area contributed by atoms with Gasteiger partial charge in [-0.3, -0.25) is 4.90 Å². The molecule has 68 heavy (non-hydrogen) atoms. The van der Waals surface area contributed by atoms with E-state index in [1.54, 1.807) is 0 Å². The molecule has 1 aromatic heterocycles. The van der Waals surface area contributed by atoms with E-state index >= 15 is 0 Å². The first-order valence-corrected chi connectivity index (χ1v) is 23.5. The van der Waals surface area contributed by atoms with Crippen LogP contribution in [0, 0.1) is 0 Å². The highest BCUT2D eigenvalue weighted by Crippen LogP contribution is 2.63. The molecule has 2 aliphatic carbocycles. The van der Waals surface area contributed by atoms with Crippen LogP contribution in [-0.4, -0.2) is 4.98 Å². The van der Waals surface area contributed by atoms with Crippen LogP contribution in [0.1, 0.15) is 22.3 Å². The van der Waals surface area contributed by atoms with Crippen molar-refractivity contribution in [3.8, 4) is 55.6 Å². The van der Waals surface area contributed by atoms with E-state index < -0.39 is 5.41 Å². The van der Waals surface area contributed by atoms with Gasteiger partial charge in [0.15, 0.2) is 0 Å². The van der Waals surface area contributed by atoms with Gasteiger partial charge in [0.05, 0.1) is 5.41 Å². The molecule has 0 amide bonds. The molecule has 0 radical (unpaired) electrons. The normalized spacial score (nSPS) is 12.8. The molecule has 11 aromatic carbocycles. The molecular weight excluding hydrogens is 821 g/mol. The average molecular weight is 863 g/mol. The van der Waals surface area contributed by atoms with Crippen molar-refractivity contribution in [3.63, 3.8) is 0 Å². The van der Waals surface area contributed by atoms with Crippen molar-refractivity contribution in [1.29, 1.82) is 0 Å². The molecule has 12 aromatic rings. The zero-order valence-corrected chi connectivity index (χ0v) is 37.1. The van der Waals surface area contributed by atoms with Crippen LogP contribution in [0.25, 0.3) is 88.0 Å². The highest BCUT2D eigenvalue weighted by molar-refractivity contribution is 6.33.